The van der Waals surface area contributed by atoms with Crippen LogP contribution in [0.4, 0.5) is 0 Å². The van der Waals surface area contributed by atoms with E-state index in [-0.39, 0.29) is 6.10 Å². The van der Waals surface area contributed by atoms with Crippen molar-refractivity contribution < 1.29 is 24.1 Å². The molecule has 6 atom stereocenters. The third-order valence-electron chi connectivity index (χ3n) is 3.72. The molecule has 0 saturated carbocycles. The summed E-state index contributed by atoms with van der Waals surface area (Å²) in [4.78, 5) is 0. The number of benzene rings is 1. The van der Waals surface area contributed by atoms with Crippen LogP contribution in [0.3, 0.4) is 0 Å². The van der Waals surface area contributed by atoms with Crippen LogP contribution in [0.5, 0.6) is 0 Å². The standard InChI is InChI=1S/C14H19NO5/c1-17-14-11(16)10(15)12-9(19-14)7-18-13(20-12)8-5-3-2-4-6-8/h2-6,9-14,16H,7,15H2,1H3/t9-,10-,11-,12-,13-,14-/m1/s1. The first-order valence-electron chi connectivity index (χ1n) is 6.64. The Morgan fingerprint density at radius 2 is 2.00 bits per heavy atom. The lowest BCUT2D eigenvalue weighted by Crippen LogP contribution is -2.65. The second kappa shape index (κ2) is 5.77. The number of aliphatic hydroxyl groups is 1. The van der Waals surface area contributed by atoms with Crippen molar-refractivity contribution in [2.75, 3.05) is 13.7 Å². The maximum Gasteiger partial charge on any atom is 0.185 e. The van der Waals surface area contributed by atoms with E-state index in [1.807, 2.05) is 30.3 Å². The predicted molar refractivity (Wildman–Crippen MR) is 69.7 cm³/mol. The fraction of sp³-hybridized carbons (Fsp3) is 0.571. The fourth-order valence-corrected chi connectivity index (χ4v) is 2.61. The monoisotopic (exact) mass is 281 g/mol. The van der Waals surface area contributed by atoms with Crippen molar-refractivity contribution in [1.82, 2.24) is 0 Å². The third kappa shape index (κ3) is 2.46. The predicted octanol–water partition coefficient (Wildman–Crippen LogP) is 0.160. The summed E-state index contributed by atoms with van der Waals surface area (Å²) in [6.45, 7) is 0.352. The van der Waals surface area contributed by atoms with E-state index in [1.54, 1.807) is 0 Å². The highest BCUT2D eigenvalue weighted by atomic mass is 16.7. The summed E-state index contributed by atoms with van der Waals surface area (Å²) in [5.41, 5.74) is 6.97. The Morgan fingerprint density at radius 1 is 1.25 bits per heavy atom. The van der Waals surface area contributed by atoms with Gasteiger partial charge in [-0.2, -0.15) is 0 Å². The van der Waals surface area contributed by atoms with E-state index in [9.17, 15) is 5.11 Å². The number of hydrogen-bond donors (Lipinski definition) is 2. The number of aliphatic hydroxyl groups excluding tert-OH is 1. The van der Waals surface area contributed by atoms with Crippen molar-refractivity contribution in [2.24, 2.45) is 5.73 Å². The Hall–Kier alpha value is -1.02. The maximum absolute atomic E-state index is 10.0. The lowest BCUT2D eigenvalue weighted by molar-refractivity contribution is -0.338. The van der Waals surface area contributed by atoms with Crippen LogP contribution in [0.25, 0.3) is 0 Å². The van der Waals surface area contributed by atoms with E-state index in [4.69, 9.17) is 24.7 Å². The van der Waals surface area contributed by atoms with Crippen molar-refractivity contribution in [3.63, 3.8) is 0 Å². The Morgan fingerprint density at radius 3 is 2.70 bits per heavy atom. The molecule has 20 heavy (non-hydrogen) atoms. The summed E-state index contributed by atoms with van der Waals surface area (Å²) in [6.07, 6.45) is -2.91. The highest BCUT2D eigenvalue weighted by molar-refractivity contribution is 5.16. The molecule has 2 aliphatic rings. The molecule has 3 rings (SSSR count). The van der Waals surface area contributed by atoms with Crippen LogP contribution in [0.15, 0.2) is 30.3 Å². The van der Waals surface area contributed by atoms with Gasteiger partial charge < -0.3 is 29.8 Å². The molecule has 0 aliphatic carbocycles. The van der Waals surface area contributed by atoms with Crippen LogP contribution in [-0.2, 0) is 18.9 Å². The molecule has 1 aromatic rings. The average Bonchev–Trinajstić information content (AvgIpc) is 2.51. The highest BCUT2D eigenvalue weighted by Crippen LogP contribution is 2.33. The Labute approximate surface area is 117 Å². The first-order chi connectivity index (χ1) is 9.70. The quantitative estimate of drug-likeness (QED) is 0.803. The highest BCUT2D eigenvalue weighted by Gasteiger charge is 2.48. The topological polar surface area (TPSA) is 83.2 Å². The SMILES string of the molecule is CO[C@@H]1O[C@@H]2CO[C@@H](c3ccccc3)O[C@H]2[C@H](N)[C@H]1O. The van der Waals surface area contributed by atoms with E-state index in [0.29, 0.717) is 6.61 Å². The number of methoxy groups -OCH3 is 1. The minimum atomic E-state index is -0.921. The molecule has 0 amide bonds. The Kier molecular flexibility index (Phi) is 4.02. The summed E-state index contributed by atoms with van der Waals surface area (Å²) in [7, 11) is 1.47. The second-order valence-electron chi connectivity index (χ2n) is 5.02. The van der Waals surface area contributed by atoms with Crippen LogP contribution in [0.2, 0.25) is 0 Å². The van der Waals surface area contributed by atoms with E-state index in [0.717, 1.165) is 5.56 Å². The number of ether oxygens (including phenoxy) is 4. The van der Waals surface area contributed by atoms with Crippen molar-refractivity contribution in [3.05, 3.63) is 35.9 Å². The normalized spacial score (nSPS) is 41.1. The molecule has 3 N–H and O–H groups in total. The first kappa shape index (κ1) is 13.9. The number of rotatable bonds is 2. The lowest BCUT2D eigenvalue weighted by Gasteiger charge is -2.46. The van der Waals surface area contributed by atoms with Crippen molar-refractivity contribution in [3.8, 4) is 0 Å². The largest absolute Gasteiger partial charge is 0.386 e. The smallest absolute Gasteiger partial charge is 0.185 e. The molecule has 2 aliphatic heterocycles. The molecule has 6 heteroatoms. The molecule has 6 nitrogen and oxygen atoms in total. The minimum absolute atomic E-state index is 0.335. The first-order valence-corrected chi connectivity index (χ1v) is 6.64. The van der Waals surface area contributed by atoms with E-state index in [2.05, 4.69) is 0 Å². The Bertz CT molecular complexity index is 440. The van der Waals surface area contributed by atoms with Gasteiger partial charge in [-0.3, -0.25) is 0 Å². The van der Waals surface area contributed by atoms with Crippen molar-refractivity contribution in [1.29, 1.82) is 0 Å². The molecule has 2 fully saturated rings. The molecule has 1 aromatic carbocycles. The maximum atomic E-state index is 10.0. The van der Waals surface area contributed by atoms with Crippen molar-refractivity contribution >= 4 is 0 Å². The zero-order valence-electron chi connectivity index (χ0n) is 11.2. The molecule has 0 radical (unpaired) electrons. The van der Waals surface area contributed by atoms with Gasteiger partial charge in [-0.1, -0.05) is 30.3 Å². The number of hydrogen-bond acceptors (Lipinski definition) is 6. The van der Waals surface area contributed by atoms with Crippen LogP contribution in [0.1, 0.15) is 11.9 Å². The van der Waals surface area contributed by atoms with Crippen LogP contribution in [0, 0.1) is 0 Å². The van der Waals surface area contributed by atoms with Gasteiger partial charge in [-0.15, -0.1) is 0 Å². The molecular formula is C14H19NO5. The number of nitrogens with two attached hydrogens (primary N) is 1. The van der Waals surface area contributed by atoms with Gasteiger partial charge >= 0.3 is 0 Å². The van der Waals surface area contributed by atoms with Gasteiger partial charge in [0.25, 0.3) is 0 Å². The van der Waals surface area contributed by atoms with Gasteiger partial charge in [-0.05, 0) is 0 Å². The molecule has 0 spiro atoms. The molecule has 2 saturated heterocycles. The number of fused-ring (bicyclic) bond motifs is 1. The van der Waals surface area contributed by atoms with Crippen LogP contribution >= 0.6 is 0 Å². The molecular weight excluding hydrogens is 262 g/mol. The second-order valence-corrected chi connectivity index (χ2v) is 5.02. The van der Waals surface area contributed by atoms with E-state index >= 15 is 0 Å². The van der Waals surface area contributed by atoms with Crippen molar-refractivity contribution in [2.45, 2.75) is 36.9 Å². The molecule has 110 valence electrons. The van der Waals surface area contributed by atoms with Gasteiger partial charge in [0, 0.05) is 12.7 Å². The molecule has 0 bridgehead atoms. The summed E-state index contributed by atoms with van der Waals surface area (Å²) < 4.78 is 22.2. The minimum Gasteiger partial charge on any atom is -0.386 e. The summed E-state index contributed by atoms with van der Waals surface area (Å²) in [5, 5.41) is 10.0. The lowest BCUT2D eigenvalue weighted by atomic mass is 9.96. The summed E-state index contributed by atoms with van der Waals surface area (Å²) in [6, 6.07) is 9.04. The van der Waals surface area contributed by atoms with Crippen LogP contribution in [-0.4, -0.2) is 49.5 Å². The zero-order chi connectivity index (χ0) is 14.1. The molecule has 0 unspecified atom stereocenters. The van der Waals surface area contributed by atoms with Gasteiger partial charge in [-0.25, -0.2) is 0 Å². The van der Waals surface area contributed by atoms with E-state index < -0.39 is 30.8 Å². The van der Waals surface area contributed by atoms with E-state index in [1.165, 1.54) is 7.11 Å². The van der Waals surface area contributed by atoms with Gasteiger partial charge in [0.1, 0.15) is 18.3 Å². The molecule has 0 aromatic heterocycles. The van der Waals surface area contributed by atoms with Gasteiger partial charge in [0.15, 0.2) is 12.6 Å². The molecule has 2 heterocycles. The van der Waals surface area contributed by atoms with Crippen LogP contribution < -0.4 is 5.73 Å². The summed E-state index contributed by atoms with van der Waals surface area (Å²) >= 11 is 0. The summed E-state index contributed by atoms with van der Waals surface area (Å²) in [5.74, 6) is 0. The fourth-order valence-electron chi connectivity index (χ4n) is 2.61. The Balaban J connectivity index is 1.74. The van der Waals surface area contributed by atoms with Gasteiger partial charge in [0.2, 0.25) is 0 Å². The average molecular weight is 281 g/mol. The zero-order valence-corrected chi connectivity index (χ0v) is 11.2. The van der Waals surface area contributed by atoms with Gasteiger partial charge in [0.05, 0.1) is 12.6 Å². The third-order valence-corrected chi connectivity index (χ3v) is 3.72.